The molecule has 0 N–H and O–H groups in total. The molecule has 0 aliphatic carbocycles. The highest BCUT2D eigenvalue weighted by molar-refractivity contribution is 7.90. The van der Waals surface area contributed by atoms with E-state index in [0.29, 0.717) is 27.8 Å². The second kappa shape index (κ2) is 15.5. The van der Waals surface area contributed by atoms with Crippen LogP contribution in [-0.4, -0.2) is 37.3 Å². The summed E-state index contributed by atoms with van der Waals surface area (Å²) < 4.78 is 39.2. The molecule has 6 nitrogen and oxygen atoms in total. The zero-order valence-electron chi connectivity index (χ0n) is 22.5. The van der Waals surface area contributed by atoms with Crippen LogP contribution in [0.1, 0.15) is 42.4 Å². The van der Waals surface area contributed by atoms with Gasteiger partial charge in [0.05, 0.1) is 26.0 Å². The minimum absolute atomic E-state index is 0.0605. The van der Waals surface area contributed by atoms with Crippen LogP contribution in [0.4, 0.5) is 0 Å². The smallest absolute Gasteiger partial charge is 0.356 e. The van der Waals surface area contributed by atoms with E-state index >= 15 is 0 Å². The first-order valence-corrected chi connectivity index (χ1v) is 15.1. The van der Waals surface area contributed by atoms with Gasteiger partial charge in [0.15, 0.2) is 5.69 Å². The van der Waals surface area contributed by atoms with Gasteiger partial charge in [0.25, 0.3) is 0 Å². The summed E-state index contributed by atoms with van der Waals surface area (Å²) in [6.45, 7) is 16.8. The minimum Gasteiger partial charge on any atom is -0.461 e. The summed E-state index contributed by atoms with van der Waals surface area (Å²) in [5, 5.41) is 2.30. The van der Waals surface area contributed by atoms with E-state index in [0.717, 1.165) is 20.4 Å². The van der Waals surface area contributed by atoms with Crippen molar-refractivity contribution in [1.82, 2.24) is 3.97 Å². The number of allylic oxidation sites excluding steroid dienone is 1. The number of carbonyl (C=O) groups excluding carboxylic acids is 1. The van der Waals surface area contributed by atoms with Crippen LogP contribution in [0, 0.1) is 26.7 Å². The molecule has 9 heteroatoms. The Kier molecular flexibility index (Phi) is 13.5. The molecule has 0 saturated heterocycles. The standard InChI is InChI=1S/C24H27ClNO5PS.C3H6.C2H2/c1-6-11-33(28,29)26-21-10-9-18(25)15-20(21)23(22(26)24(27)30-7-2)32(31-8-3)19-13-16(4)12-17(5)14-19;1-3-2;1-2/h6,9-10,12-15H,1,7-8,11H2,2-5H3;3H,1H2,2H3;1-2H. The summed E-state index contributed by atoms with van der Waals surface area (Å²) in [5.41, 5.74) is 2.36. The molecule has 0 aliphatic heterocycles. The first kappa shape index (κ1) is 33.1. The second-order valence-corrected chi connectivity index (χ2v) is 12.0. The Labute approximate surface area is 233 Å². The molecule has 0 saturated carbocycles. The maximum absolute atomic E-state index is 13.3. The Morgan fingerprint density at radius 1 is 1.08 bits per heavy atom. The van der Waals surface area contributed by atoms with E-state index in [9.17, 15) is 13.2 Å². The number of carbonyl (C=O) groups is 1. The lowest BCUT2D eigenvalue weighted by atomic mass is 10.2. The maximum Gasteiger partial charge on any atom is 0.356 e. The zero-order chi connectivity index (χ0) is 29.0. The normalized spacial score (nSPS) is 11.4. The van der Waals surface area contributed by atoms with Crippen LogP contribution >= 0.6 is 19.7 Å². The van der Waals surface area contributed by atoms with Crippen LogP contribution in [0.5, 0.6) is 0 Å². The average molecular weight is 576 g/mol. The third-order valence-electron chi connectivity index (χ3n) is 4.84. The predicted octanol–water partition coefficient (Wildman–Crippen LogP) is 6.28. The van der Waals surface area contributed by atoms with Crippen molar-refractivity contribution in [2.24, 2.45) is 0 Å². The fourth-order valence-electron chi connectivity index (χ4n) is 3.78. The monoisotopic (exact) mass is 575 g/mol. The fourth-order valence-corrected chi connectivity index (χ4v) is 7.59. The summed E-state index contributed by atoms with van der Waals surface area (Å²) in [4.78, 5) is 13.3. The summed E-state index contributed by atoms with van der Waals surface area (Å²) in [7, 11) is -5.53. The minimum atomic E-state index is -3.96. The van der Waals surface area contributed by atoms with E-state index in [4.69, 9.17) is 20.9 Å². The Bertz CT molecular complexity index is 1390. The molecule has 1 unspecified atom stereocenters. The highest BCUT2D eigenvalue weighted by Crippen LogP contribution is 2.42. The van der Waals surface area contributed by atoms with Gasteiger partial charge in [0, 0.05) is 27.6 Å². The number of hydrogen-bond acceptors (Lipinski definition) is 5. The van der Waals surface area contributed by atoms with Crippen molar-refractivity contribution in [3.63, 3.8) is 0 Å². The quantitative estimate of drug-likeness (QED) is 0.130. The van der Waals surface area contributed by atoms with Gasteiger partial charge in [0.2, 0.25) is 10.0 Å². The lowest BCUT2D eigenvalue weighted by Crippen LogP contribution is -2.27. The van der Waals surface area contributed by atoms with E-state index in [-0.39, 0.29) is 18.1 Å². The number of ether oxygens (including phenoxy) is 1. The molecule has 1 atom stereocenters. The van der Waals surface area contributed by atoms with Crippen molar-refractivity contribution in [2.75, 3.05) is 19.0 Å². The molecule has 0 amide bonds. The van der Waals surface area contributed by atoms with Crippen molar-refractivity contribution < 1.29 is 22.5 Å². The molecular formula is C29H35ClNO5PS. The van der Waals surface area contributed by atoms with Crippen molar-refractivity contribution >= 4 is 57.3 Å². The zero-order valence-corrected chi connectivity index (χ0v) is 25.0. The van der Waals surface area contributed by atoms with Crippen LogP contribution in [0.2, 0.25) is 5.02 Å². The number of hydrogen-bond donors (Lipinski definition) is 0. The predicted molar refractivity (Wildman–Crippen MR) is 162 cm³/mol. The van der Waals surface area contributed by atoms with E-state index in [2.05, 4.69) is 26.0 Å². The molecule has 0 radical (unpaired) electrons. The molecule has 3 rings (SSSR count). The number of esters is 1. The van der Waals surface area contributed by atoms with E-state index in [1.165, 1.54) is 6.08 Å². The maximum atomic E-state index is 13.3. The van der Waals surface area contributed by atoms with Crippen molar-refractivity contribution in [2.45, 2.75) is 34.6 Å². The highest BCUT2D eigenvalue weighted by Gasteiger charge is 2.35. The average Bonchev–Trinajstić information content (AvgIpc) is 3.19. The number of terminal acetylenes is 1. The number of halogens is 1. The van der Waals surface area contributed by atoms with Gasteiger partial charge in [-0.2, -0.15) is 0 Å². The molecule has 3 aromatic rings. The molecule has 38 heavy (non-hydrogen) atoms. The fraction of sp³-hybridized carbons (Fsp3) is 0.276. The lowest BCUT2D eigenvalue weighted by Gasteiger charge is -2.20. The molecular weight excluding hydrogens is 541 g/mol. The number of aryl methyl sites for hydroxylation is 2. The lowest BCUT2D eigenvalue weighted by molar-refractivity contribution is 0.0520. The van der Waals surface area contributed by atoms with Crippen molar-refractivity contribution in [3.05, 3.63) is 83.6 Å². The molecule has 1 heterocycles. The van der Waals surface area contributed by atoms with Crippen molar-refractivity contribution in [3.8, 4) is 12.8 Å². The van der Waals surface area contributed by atoms with Gasteiger partial charge in [-0.3, -0.25) is 0 Å². The van der Waals surface area contributed by atoms with Crippen LogP contribution < -0.4 is 10.6 Å². The molecule has 0 bridgehead atoms. The number of benzene rings is 2. The number of fused-ring (bicyclic) bond motifs is 1. The Morgan fingerprint density at radius 2 is 1.66 bits per heavy atom. The largest absolute Gasteiger partial charge is 0.461 e. The topological polar surface area (TPSA) is 74.6 Å². The number of rotatable bonds is 9. The van der Waals surface area contributed by atoms with Gasteiger partial charge < -0.3 is 9.26 Å². The summed E-state index contributed by atoms with van der Waals surface area (Å²) >= 11 is 6.32. The van der Waals surface area contributed by atoms with Crippen LogP contribution in [-0.2, 0) is 19.3 Å². The van der Waals surface area contributed by atoms with E-state index < -0.39 is 24.1 Å². The van der Waals surface area contributed by atoms with Crippen LogP contribution in [0.15, 0.2) is 61.7 Å². The van der Waals surface area contributed by atoms with Gasteiger partial charge in [-0.25, -0.2) is 17.2 Å². The molecule has 1 aromatic heterocycles. The first-order valence-electron chi connectivity index (χ1n) is 11.8. The van der Waals surface area contributed by atoms with Crippen LogP contribution in [0.25, 0.3) is 10.9 Å². The second-order valence-electron chi connectivity index (χ2n) is 7.88. The Hall–Kier alpha value is -2.88. The van der Waals surface area contributed by atoms with Crippen molar-refractivity contribution in [1.29, 1.82) is 0 Å². The Balaban J connectivity index is 0.00000135. The Morgan fingerprint density at radius 3 is 2.16 bits per heavy atom. The number of aromatic nitrogens is 1. The van der Waals surface area contributed by atoms with Gasteiger partial charge in [-0.15, -0.1) is 26.0 Å². The molecule has 0 aliphatic rings. The molecule has 0 fully saturated rings. The summed E-state index contributed by atoms with van der Waals surface area (Å²) in [6, 6.07) is 10.9. The first-order chi connectivity index (χ1) is 18.1. The van der Waals surface area contributed by atoms with Gasteiger partial charge in [-0.1, -0.05) is 40.9 Å². The summed E-state index contributed by atoms with van der Waals surface area (Å²) in [5.74, 6) is -1.08. The summed E-state index contributed by atoms with van der Waals surface area (Å²) in [6.07, 6.45) is 11.0. The SMILES string of the molecule is C#C.C=CC.C=CCS(=O)(=O)n1c(C(=O)OCC)c(P(OCC)c2cc(C)cc(C)c2)c2cc(Cl)ccc21. The van der Waals surface area contributed by atoms with Gasteiger partial charge in [-0.05, 0) is 65.0 Å². The molecule has 204 valence electrons. The highest BCUT2D eigenvalue weighted by atomic mass is 35.5. The van der Waals surface area contributed by atoms with Crippen LogP contribution in [0.3, 0.4) is 0 Å². The van der Waals surface area contributed by atoms with Gasteiger partial charge >= 0.3 is 5.97 Å². The number of nitrogens with zero attached hydrogens (tertiary/aromatic N) is 1. The molecule has 0 spiro atoms. The third kappa shape index (κ3) is 7.82. The molecule has 2 aromatic carbocycles. The van der Waals surface area contributed by atoms with E-state index in [1.54, 1.807) is 31.2 Å². The van der Waals surface area contributed by atoms with Gasteiger partial charge in [0.1, 0.15) is 0 Å². The van der Waals surface area contributed by atoms with E-state index in [1.807, 2.05) is 45.9 Å². The third-order valence-corrected chi connectivity index (χ3v) is 8.77.